The number of hydrogen-bond acceptors (Lipinski definition) is 2. The van der Waals surface area contributed by atoms with Gasteiger partial charge in [-0.2, -0.15) is 0 Å². The maximum Gasteiger partial charge on any atom is 0.0934 e. The third-order valence-corrected chi connectivity index (χ3v) is 5.10. The highest BCUT2D eigenvalue weighted by Crippen LogP contribution is 2.37. The zero-order valence-corrected chi connectivity index (χ0v) is 14.4. The third-order valence-electron chi connectivity index (χ3n) is 4.27. The molecule has 0 aliphatic carbocycles. The molecule has 0 saturated heterocycles. The molecule has 0 bridgehead atoms. The van der Waals surface area contributed by atoms with Crippen molar-refractivity contribution in [2.75, 3.05) is 20.1 Å². The van der Waals surface area contributed by atoms with E-state index in [1.54, 1.807) is 0 Å². The van der Waals surface area contributed by atoms with Gasteiger partial charge in [0.15, 0.2) is 0 Å². The van der Waals surface area contributed by atoms with E-state index in [9.17, 15) is 0 Å². The standard InChI is InChI=1S/C17H22BrN3/c1-3-4-9-21-15-12-19-8-5-14(15)16(17(21)18)13-6-10-20(2)11-7-13/h5-6,8,12H,3-4,7,9-11H2,1-2H3. The first-order valence-electron chi connectivity index (χ1n) is 7.72. The molecule has 2 aromatic rings. The lowest BCUT2D eigenvalue weighted by Gasteiger charge is -2.22. The number of aromatic nitrogens is 2. The summed E-state index contributed by atoms with van der Waals surface area (Å²) in [4.78, 5) is 6.68. The summed E-state index contributed by atoms with van der Waals surface area (Å²) in [6.45, 7) is 5.45. The molecule has 0 fully saturated rings. The minimum Gasteiger partial charge on any atom is -0.333 e. The van der Waals surface area contributed by atoms with Crippen LogP contribution in [0.3, 0.4) is 0 Å². The molecule has 0 spiro atoms. The van der Waals surface area contributed by atoms with Gasteiger partial charge in [-0.3, -0.25) is 4.98 Å². The van der Waals surface area contributed by atoms with Crippen molar-refractivity contribution in [2.24, 2.45) is 0 Å². The number of aryl methyl sites for hydroxylation is 1. The molecule has 0 unspecified atom stereocenters. The van der Waals surface area contributed by atoms with Crippen LogP contribution in [0, 0.1) is 0 Å². The second-order valence-corrected chi connectivity index (χ2v) is 6.56. The van der Waals surface area contributed by atoms with Gasteiger partial charge in [0.2, 0.25) is 0 Å². The predicted molar refractivity (Wildman–Crippen MR) is 92.4 cm³/mol. The largest absolute Gasteiger partial charge is 0.333 e. The van der Waals surface area contributed by atoms with Gasteiger partial charge in [-0.1, -0.05) is 19.4 Å². The third kappa shape index (κ3) is 2.79. The summed E-state index contributed by atoms with van der Waals surface area (Å²) in [7, 11) is 2.18. The van der Waals surface area contributed by atoms with E-state index in [2.05, 4.69) is 56.5 Å². The van der Waals surface area contributed by atoms with Gasteiger partial charge in [0.25, 0.3) is 0 Å². The predicted octanol–water partition coefficient (Wildman–Crippen LogP) is 4.32. The average Bonchev–Trinajstić information content (AvgIpc) is 2.78. The summed E-state index contributed by atoms with van der Waals surface area (Å²) in [6.07, 6.45) is 9.78. The fourth-order valence-corrected chi connectivity index (χ4v) is 3.84. The molecule has 0 aromatic carbocycles. The molecule has 1 aliphatic rings. The van der Waals surface area contributed by atoms with E-state index in [0.29, 0.717) is 0 Å². The number of likely N-dealkylation sites (N-methyl/N-ethyl adjacent to an activating group) is 1. The van der Waals surface area contributed by atoms with Crippen LogP contribution >= 0.6 is 15.9 Å². The van der Waals surface area contributed by atoms with Crippen molar-refractivity contribution in [3.05, 3.63) is 34.7 Å². The fourth-order valence-electron chi connectivity index (χ4n) is 3.00. The Morgan fingerprint density at radius 3 is 2.95 bits per heavy atom. The number of hydrogen-bond donors (Lipinski definition) is 0. The van der Waals surface area contributed by atoms with Gasteiger partial charge in [-0.05, 0) is 47.5 Å². The van der Waals surface area contributed by atoms with Crippen molar-refractivity contribution >= 4 is 32.4 Å². The van der Waals surface area contributed by atoms with Crippen molar-refractivity contribution in [1.82, 2.24) is 14.5 Å². The van der Waals surface area contributed by atoms with Crippen molar-refractivity contribution in [2.45, 2.75) is 32.7 Å². The van der Waals surface area contributed by atoms with Crippen LogP contribution in [0.4, 0.5) is 0 Å². The molecule has 3 heterocycles. The number of rotatable bonds is 4. The molecular weight excluding hydrogens is 326 g/mol. The summed E-state index contributed by atoms with van der Waals surface area (Å²) in [5.41, 5.74) is 4.08. The molecule has 112 valence electrons. The summed E-state index contributed by atoms with van der Waals surface area (Å²) in [5, 5.41) is 1.32. The molecule has 21 heavy (non-hydrogen) atoms. The van der Waals surface area contributed by atoms with Gasteiger partial charge in [0.05, 0.1) is 16.3 Å². The molecule has 0 N–H and O–H groups in total. The van der Waals surface area contributed by atoms with Crippen LogP contribution in [0.25, 0.3) is 16.5 Å². The van der Waals surface area contributed by atoms with E-state index in [1.807, 2.05) is 12.4 Å². The number of nitrogens with zero attached hydrogens (tertiary/aromatic N) is 3. The van der Waals surface area contributed by atoms with E-state index in [1.165, 1.54) is 39.5 Å². The Morgan fingerprint density at radius 1 is 1.38 bits per heavy atom. The second-order valence-electron chi connectivity index (χ2n) is 5.81. The second kappa shape index (κ2) is 6.32. The Bertz CT molecular complexity index is 672. The zero-order chi connectivity index (χ0) is 14.8. The molecule has 0 amide bonds. The first-order chi connectivity index (χ1) is 10.2. The zero-order valence-electron chi connectivity index (χ0n) is 12.8. The number of unbranched alkanes of at least 4 members (excludes halogenated alkanes) is 1. The van der Waals surface area contributed by atoms with Gasteiger partial charge in [-0.25, -0.2) is 0 Å². The van der Waals surface area contributed by atoms with Crippen LogP contribution in [0.15, 0.2) is 29.1 Å². The summed E-state index contributed by atoms with van der Waals surface area (Å²) in [5.74, 6) is 0. The normalized spacial score (nSPS) is 16.4. The Kier molecular flexibility index (Phi) is 4.45. The Morgan fingerprint density at radius 2 is 2.24 bits per heavy atom. The lowest BCUT2D eigenvalue weighted by atomic mass is 10.00. The molecule has 1 aliphatic heterocycles. The molecule has 3 rings (SSSR count). The van der Waals surface area contributed by atoms with Crippen molar-refractivity contribution in [3.8, 4) is 0 Å². The fraction of sp³-hybridized carbons (Fsp3) is 0.471. The highest BCUT2D eigenvalue weighted by atomic mass is 79.9. The van der Waals surface area contributed by atoms with Crippen molar-refractivity contribution in [1.29, 1.82) is 0 Å². The highest BCUT2D eigenvalue weighted by molar-refractivity contribution is 9.10. The van der Waals surface area contributed by atoms with Crippen LogP contribution < -0.4 is 0 Å². The minimum atomic E-state index is 1.04. The van der Waals surface area contributed by atoms with Gasteiger partial charge in [0, 0.05) is 36.8 Å². The molecular formula is C17H22BrN3. The molecule has 0 saturated carbocycles. The maximum atomic E-state index is 4.32. The van der Waals surface area contributed by atoms with Crippen molar-refractivity contribution in [3.63, 3.8) is 0 Å². The minimum absolute atomic E-state index is 1.04. The first kappa shape index (κ1) is 14.8. The molecule has 3 nitrogen and oxygen atoms in total. The van der Waals surface area contributed by atoms with E-state index in [-0.39, 0.29) is 0 Å². The molecule has 0 radical (unpaired) electrons. The lowest BCUT2D eigenvalue weighted by molar-refractivity contribution is 0.370. The maximum absolute atomic E-state index is 4.32. The lowest BCUT2D eigenvalue weighted by Crippen LogP contribution is -2.23. The van der Waals surface area contributed by atoms with E-state index >= 15 is 0 Å². The summed E-state index contributed by atoms with van der Waals surface area (Å²) >= 11 is 3.86. The highest BCUT2D eigenvalue weighted by Gasteiger charge is 2.20. The molecule has 4 heteroatoms. The number of halogens is 1. The van der Waals surface area contributed by atoms with Gasteiger partial charge < -0.3 is 9.47 Å². The van der Waals surface area contributed by atoms with Crippen LogP contribution in [0.2, 0.25) is 0 Å². The number of pyridine rings is 1. The summed E-state index contributed by atoms with van der Waals surface area (Å²) in [6, 6.07) is 2.15. The topological polar surface area (TPSA) is 21.1 Å². The Balaban J connectivity index is 2.11. The Labute approximate surface area is 134 Å². The molecule has 2 aromatic heterocycles. The van der Waals surface area contributed by atoms with E-state index < -0.39 is 0 Å². The smallest absolute Gasteiger partial charge is 0.0934 e. The van der Waals surface area contributed by atoms with Crippen LogP contribution in [0.1, 0.15) is 31.7 Å². The van der Waals surface area contributed by atoms with Crippen molar-refractivity contribution < 1.29 is 0 Å². The Hall–Kier alpha value is -1.13. The average molecular weight is 348 g/mol. The first-order valence-corrected chi connectivity index (χ1v) is 8.51. The monoisotopic (exact) mass is 347 g/mol. The van der Waals surface area contributed by atoms with Gasteiger partial charge in [0.1, 0.15) is 0 Å². The van der Waals surface area contributed by atoms with E-state index in [0.717, 1.165) is 26.1 Å². The van der Waals surface area contributed by atoms with Crippen LogP contribution in [-0.4, -0.2) is 34.6 Å². The molecule has 0 atom stereocenters. The van der Waals surface area contributed by atoms with E-state index in [4.69, 9.17) is 0 Å². The van der Waals surface area contributed by atoms with Crippen LogP contribution in [-0.2, 0) is 6.54 Å². The van der Waals surface area contributed by atoms with Crippen LogP contribution in [0.5, 0.6) is 0 Å². The quantitative estimate of drug-likeness (QED) is 0.821. The number of fused-ring (bicyclic) bond motifs is 1. The SMILES string of the molecule is CCCCn1c(Br)c(C2=CCN(C)CC2)c2ccncc21. The van der Waals surface area contributed by atoms with Gasteiger partial charge in [-0.15, -0.1) is 0 Å². The van der Waals surface area contributed by atoms with Gasteiger partial charge >= 0.3 is 0 Å². The summed E-state index contributed by atoms with van der Waals surface area (Å²) < 4.78 is 3.59.